The number of hydrogen-bond donors (Lipinski definition) is 0. The van der Waals surface area contributed by atoms with E-state index < -0.39 is 0 Å². The van der Waals surface area contributed by atoms with E-state index in [-0.39, 0.29) is 11.7 Å². The third kappa shape index (κ3) is 3.75. The van der Waals surface area contributed by atoms with Crippen molar-refractivity contribution < 1.29 is 4.79 Å². The summed E-state index contributed by atoms with van der Waals surface area (Å²) < 4.78 is 0. The quantitative estimate of drug-likeness (QED) is 0.611. The SMILES string of the molecule is CC(=O)C[C@@H](c1ccccc1)c1ccc(-c2ccccc2)cc1. The van der Waals surface area contributed by atoms with E-state index in [4.69, 9.17) is 0 Å². The molecule has 0 saturated heterocycles. The van der Waals surface area contributed by atoms with Gasteiger partial charge in [0.15, 0.2) is 0 Å². The highest BCUT2D eigenvalue weighted by Crippen LogP contribution is 2.30. The largest absolute Gasteiger partial charge is 0.300 e. The Bertz CT molecular complexity index is 758. The van der Waals surface area contributed by atoms with Gasteiger partial charge in [0.1, 0.15) is 5.78 Å². The van der Waals surface area contributed by atoms with Gasteiger partial charge in [-0.3, -0.25) is 4.79 Å². The van der Waals surface area contributed by atoms with Crippen molar-refractivity contribution in [2.45, 2.75) is 19.3 Å². The molecule has 0 aliphatic carbocycles. The number of ketones is 1. The summed E-state index contributed by atoms with van der Waals surface area (Å²) in [6, 6.07) is 29.2. The maximum atomic E-state index is 11.7. The number of carbonyl (C=O) groups is 1. The Hall–Kier alpha value is -2.67. The summed E-state index contributed by atoms with van der Waals surface area (Å²) in [6.07, 6.45) is 0.536. The predicted molar refractivity (Wildman–Crippen MR) is 95.5 cm³/mol. The van der Waals surface area contributed by atoms with Crippen LogP contribution >= 0.6 is 0 Å². The van der Waals surface area contributed by atoms with Crippen LogP contribution in [0.2, 0.25) is 0 Å². The van der Waals surface area contributed by atoms with Crippen LogP contribution in [0, 0.1) is 0 Å². The first-order valence-corrected chi connectivity index (χ1v) is 7.94. The molecule has 0 unspecified atom stereocenters. The monoisotopic (exact) mass is 300 g/mol. The second-order valence-corrected chi connectivity index (χ2v) is 5.86. The van der Waals surface area contributed by atoms with Crippen LogP contribution in [-0.4, -0.2) is 5.78 Å². The van der Waals surface area contributed by atoms with E-state index in [0.29, 0.717) is 6.42 Å². The minimum absolute atomic E-state index is 0.124. The standard InChI is InChI=1S/C22H20O/c1-17(23)16-22(20-10-6-3-7-11-20)21-14-12-19(13-15-21)18-8-4-2-5-9-18/h2-15,22H,16H2,1H3/t22-/m0/s1. The highest BCUT2D eigenvalue weighted by Gasteiger charge is 2.16. The molecular weight excluding hydrogens is 280 g/mol. The molecule has 0 fully saturated rings. The summed E-state index contributed by atoms with van der Waals surface area (Å²) in [6.45, 7) is 1.66. The normalized spacial score (nSPS) is 11.9. The molecule has 0 radical (unpaired) electrons. The van der Waals surface area contributed by atoms with Crippen LogP contribution in [0.1, 0.15) is 30.4 Å². The van der Waals surface area contributed by atoms with Crippen molar-refractivity contribution in [3.8, 4) is 11.1 Å². The van der Waals surface area contributed by atoms with E-state index in [0.717, 1.165) is 0 Å². The first-order chi connectivity index (χ1) is 11.2. The lowest BCUT2D eigenvalue weighted by atomic mass is 9.86. The summed E-state index contributed by atoms with van der Waals surface area (Å²) in [5.74, 6) is 0.338. The minimum Gasteiger partial charge on any atom is -0.300 e. The molecule has 3 aromatic carbocycles. The molecule has 23 heavy (non-hydrogen) atoms. The minimum atomic E-state index is 0.124. The van der Waals surface area contributed by atoms with Gasteiger partial charge in [0.2, 0.25) is 0 Å². The van der Waals surface area contributed by atoms with Gasteiger partial charge in [0.05, 0.1) is 0 Å². The van der Waals surface area contributed by atoms with Crippen LogP contribution < -0.4 is 0 Å². The Morgan fingerprint density at radius 3 is 1.74 bits per heavy atom. The van der Waals surface area contributed by atoms with Crippen molar-refractivity contribution in [1.82, 2.24) is 0 Å². The number of benzene rings is 3. The van der Waals surface area contributed by atoms with Crippen LogP contribution in [0.25, 0.3) is 11.1 Å². The van der Waals surface area contributed by atoms with Gasteiger partial charge < -0.3 is 0 Å². The third-order valence-corrected chi connectivity index (χ3v) is 4.11. The van der Waals surface area contributed by atoms with Crippen LogP contribution in [0.5, 0.6) is 0 Å². The summed E-state index contributed by atoms with van der Waals surface area (Å²) in [5, 5.41) is 0. The van der Waals surface area contributed by atoms with Gasteiger partial charge in [-0.15, -0.1) is 0 Å². The lowest BCUT2D eigenvalue weighted by molar-refractivity contribution is -0.117. The van der Waals surface area contributed by atoms with Crippen LogP contribution in [0.15, 0.2) is 84.9 Å². The molecule has 0 bridgehead atoms. The fraction of sp³-hybridized carbons (Fsp3) is 0.136. The van der Waals surface area contributed by atoms with E-state index >= 15 is 0 Å². The van der Waals surface area contributed by atoms with E-state index in [1.165, 1.54) is 22.3 Å². The summed E-state index contributed by atoms with van der Waals surface area (Å²) in [4.78, 5) is 11.7. The van der Waals surface area contributed by atoms with Gasteiger partial charge >= 0.3 is 0 Å². The Morgan fingerprint density at radius 1 is 0.696 bits per heavy atom. The van der Waals surface area contributed by atoms with E-state index in [2.05, 4.69) is 48.5 Å². The zero-order chi connectivity index (χ0) is 16.1. The number of hydrogen-bond acceptors (Lipinski definition) is 1. The Morgan fingerprint density at radius 2 is 1.17 bits per heavy atom. The lowest BCUT2D eigenvalue weighted by Crippen LogP contribution is -2.06. The lowest BCUT2D eigenvalue weighted by Gasteiger charge is -2.17. The smallest absolute Gasteiger partial charge is 0.130 e. The highest BCUT2D eigenvalue weighted by molar-refractivity contribution is 5.77. The van der Waals surface area contributed by atoms with Crippen molar-refractivity contribution in [3.05, 3.63) is 96.1 Å². The predicted octanol–water partition coefficient (Wildman–Crippen LogP) is 5.46. The Balaban J connectivity index is 1.93. The zero-order valence-corrected chi connectivity index (χ0v) is 13.3. The average molecular weight is 300 g/mol. The van der Waals surface area contributed by atoms with Gasteiger partial charge in [0.25, 0.3) is 0 Å². The Labute approximate surface area is 137 Å². The summed E-state index contributed by atoms with van der Waals surface area (Å²) in [7, 11) is 0. The van der Waals surface area contributed by atoms with Crippen molar-refractivity contribution >= 4 is 5.78 Å². The number of rotatable bonds is 5. The number of carbonyl (C=O) groups excluding carboxylic acids is 1. The average Bonchev–Trinajstić information content (AvgIpc) is 2.61. The first-order valence-electron chi connectivity index (χ1n) is 7.94. The second-order valence-electron chi connectivity index (χ2n) is 5.86. The van der Waals surface area contributed by atoms with Crippen molar-refractivity contribution in [2.24, 2.45) is 0 Å². The molecule has 0 amide bonds. The molecule has 0 saturated carbocycles. The van der Waals surface area contributed by atoms with E-state index in [9.17, 15) is 4.79 Å². The van der Waals surface area contributed by atoms with Crippen LogP contribution in [0.3, 0.4) is 0 Å². The molecule has 0 spiro atoms. The second kappa shape index (κ2) is 7.06. The molecule has 0 N–H and O–H groups in total. The molecule has 0 aromatic heterocycles. The molecule has 3 rings (SSSR count). The maximum Gasteiger partial charge on any atom is 0.130 e. The molecule has 0 aliphatic rings. The molecule has 1 heteroatoms. The topological polar surface area (TPSA) is 17.1 Å². The van der Waals surface area contributed by atoms with E-state index in [1.54, 1.807) is 6.92 Å². The fourth-order valence-electron chi connectivity index (χ4n) is 2.94. The van der Waals surface area contributed by atoms with Gasteiger partial charge in [0, 0.05) is 12.3 Å². The Kier molecular flexibility index (Phi) is 4.68. The molecule has 114 valence electrons. The molecular formula is C22H20O. The zero-order valence-electron chi connectivity index (χ0n) is 13.3. The van der Waals surface area contributed by atoms with Gasteiger partial charge in [-0.05, 0) is 29.2 Å². The van der Waals surface area contributed by atoms with Crippen molar-refractivity contribution in [1.29, 1.82) is 0 Å². The number of Topliss-reactive ketones (excluding diaryl/α,β-unsaturated/α-hetero) is 1. The molecule has 3 aromatic rings. The third-order valence-electron chi connectivity index (χ3n) is 4.11. The van der Waals surface area contributed by atoms with Crippen molar-refractivity contribution in [3.63, 3.8) is 0 Å². The van der Waals surface area contributed by atoms with Gasteiger partial charge in [-0.1, -0.05) is 84.9 Å². The van der Waals surface area contributed by atoms with E-state index in [1.807, 2.05) is 36.4 Å². The molecule has 1 atom stereocenters. The highest BCUT2D eigenvalue weighted by atomic mass is 16.1. The van der Waals surface area contributed by atoms with Crippen LogP contribution in [-0.2, 0) is 4.79 Å². The molecule has 0 heterocycles. The van der Waals surface area contributed by atoms with Gasteiger partial charge in [-0.25, -0.2) is 0 Å². The maximum absolute atomic E-state index is 11.7. The summed E-state index contributed by atoms with van der Waals surface area (Å²) in [5.41, 5.74) is 4.78. The van der Waals surface area contributed by atoms with Crippen molar-refractivity contribution in [2.75, 3.05) is 0 Å². The fourth-order valence-corrected chi connectivity index (χ4v) is 2.94. The molecule has 0 aliphatic heterocycles. The van der Waals surface area contributed by atoms with Crippen LogP contribution in [0.4, 0.5) is 0 Å². The summed E-state index contributed by atoms with van der Waals surface area (Å²) >= 11 is 0. The van der Waals surface area contributed by atoms with Gasteiger partial charge in [-0.2, -0.15) is 0 Å². The molecule has 1 nitrogen and oxygen atoms in total. The first kappa shape index (κ1) is 15.2.